The lowest BCUT2D eigenvalue weighted by Gasteiger charge is -2.32. The number of nitrogens with one attached hydrogen (secondary N) is 4. The summed E-state index contributed by atoms with van der Waals surface area (Å²) in [5, 5.41) is 11.7. The number of benzene rings is 2. The fourth-order valence-corrected chi connectivity index (χ4v) is 6.57. The van der Waals surface area contributed by atoms with Crippen molar-refractivity contribution in [3.05, 3.63) is 71.8 Å². The van der Waals surface area contributed by atoms with Crippen LogP contribution in [0.2, 0.25) is 0 Å². The highest BCUT2D eigenvalue weighted by Crippen LogP contribution is 2.29. The minimum atomic E-state index is -1.02. The first kappa shape index (κ1) is 41.6. The molecular weight excluding hydrogens is 672 g/mol. The molecule has 2 fully saturated rings. The Morgan fingerprint density at radius 2 is 1.17 bits per heavy atom. The molecule has 0 bridgehead atoms. The number of rotatable bonds is 20. The molecule has 2 aliphatic rings. The van der Waals surface area contributed by atoms with Gasteiger partial charge >= 0.3 is 0 Å². The first-order valence-electron chi connectivity index (χ1n) is 19.1. The number of hydrogen-bond acceptors (Lipinski definition) is 8. The predicted molar refractivity (Wildman–Crippen MR) is 205 cm³/mol. The van der Waals surface area contributed by atoms with E-state index in [4.69, 9.17) is 4.74 Å². The van der Waals surface area contributed by atoms with Gasteiger partial charge in [0.25, 0.3) is 0 Å². The van der Waals surface area contributed by atoms with Gasteiger partial charge in [-0.1, -0.05) is 88.4 Å². The van der Waals surface area contributed by atoms with E-state index in [0.29, 0.717) is 32.3 Å². The Hall–Kier alpha value is -4.13. The van der Waals surface area contributed by atoms with Crippen LogP contribution in [0.4, 0.5) is 0 Å². The number of likely N-dealkylation sites (N-methyl/N-ethyl adjacent to an activating group) is 1. The minimum Gasteiger partial charge on any atom is -0.361 e. The molecule has 0 aromatic heterocycles. The molecule has 0 saturated carbocycles. The zero-order valence-corrected chi connectivity index (χ0v) is 32.4. The quantitative estimate of drug-likeness (QED) is 0.152. The maximum Gasteiger partial charge on any atom is 0.243 e. The lowest BCUT2D eigenvalue weighted by Crippen LogP contribution is -2.59. The van der Waals surface area contributed by atoms with Crippen LogP contribution in [0.5, 0.6) is 0 Å². The molecule has 12 nitrogen and oxygen atoms in total. The maximum atomic E-state index is 14.1. The van der Waals surface area contributed by atoms with E-state index in [1.165, 1.54) is 0 Å². The van der Waals surface area contributed by atoms with Gasteiger partial charge in [0.15, 0.2) is 5.78 Å². The number of ether oxygens (including phenoxy) is 1. The SMILES string of the molecule is CC(C)CC(NC(=O)[C@H](Cc1ccccc1)NC(=O)[C@H](CC(C)C)NC(=O)[C@H](CCc1ccccc1)NC(=O)CN1CCN(C)CC1)C(=O)[C@@]1(C)CO1. The highest BCUT2D eigenvalue weighted by Gasteiger charge is 2.50. The zero-order chi connectivity index (χ0) is 38.5. The third-order valence-corrected chi connectivity index (χ3v) is 9.87. The van der Waals surface area contributed by atoms with E-state index in [1.807, 2.05) is 88.4 Å². The van der Waals surface area contributed by atoms with Crippen LogP contribution < -0.4 is 21.3 Å². The average molecular weight is 733 g/mol. The number of aryl methyl sites for hydroxylation is 1. The standard InChI is InChI=1S/C41H60N6O6/c1-28(2)23-33(37(49)41(5)27-53-41)43-40(52)35(25-31-15-11-8-12-16-31)45-39(51)34(24-29(3)4)44-38(50)32(18-17-30-13-9-7-10-14-30)42-36(48)26-47-21-19-46(6)20-22-47/h7-16,28-29,32-35H,17-27H2,1-6H3,(H,42,48)(H,43,52)(H,44,50)(H,45,51)/t32-,33?,34-,35-,41+/m0/s1. The third-order valence-electron chi connectivity index (χ3n) is 9.87. The normalized spacial score (nSPS) is 19.8. The van der Waals surface area contributed by atoms with Crippen molar-refractivity contribution in [2.75, 3.05) is 46.4 Å². The lowest BCUT2D eigenvalue weighted by molar-refractivity contribution is -0.135. The van der Waals surface area contributed by atoms with Crippen LogP contribution >= 0.6 is 0 Å². The molecule has 0 spiro atoms. The van der Waals surface area contributed by atoms with E-state index in [2.05, 4.69) is 38.1 Å². The van der Waals surface area contributed by atoms with Gasteiger partial charge in [0.05, 0.1) is 19.2 Å². The van der Waals surface area contributed by atoms with Crippen molar-refractivity contribution in [2.45, 2.75) is 96.5 Å². The van der Waals surface area contributed by atoms with Crippen molar-refractivity contribution in [2.24, 2.45) is 11.8 Å². The van der Waals surface area contributed by atoms with Crippen molar-refractivity contribution in [3.63, 3.8) is 0 Å². The van der Waals surface area contributed by atoms with E-state index < -0.39 is 47.5 Å². The summed E-state index contributed by atoms with van der Waals surface area (Å²) in [6.45, 7) is 13.3. The topological polar surface area (TPSA) is 152 Å². The van der Waals surface area contributed by atoms with Gasteiger partial charge in [0, 0.05) is 32.6 Å². The van der Waals surface area contributed by atoms with Crippen molar-refractivity contribution in [1.29, 1.82) is 0 Å². The largest absolute Gasteiger partial charge is 0.361 e. The van der Waals surface area contributed by atoms with Crippen molar-refractivity contribution >= 4 is 29.4 Å². The van der Waals surface area contributed by atoms with Gasteiger partial charge in [-0.2, -0.15) is 0 Å². The first-order chi connectivity index (χ1) is 25.2. The zero-order valence-electron chi connectivity index (χ0n) is 32.4. The maximum absolute atomic E-state index is 14.1. The van der Waals surface area contributed by atoms with Crippen LogP contribution in [0.25, 0.3) is 0 Å². The van der Waals surface area contributed by atoms with Crippen LogP contribution in [0.1, 0.15) is 65.0 Å². The molecule has 2 aromatic rings. The van der Waals surface area contributed by atoms with Crippen LogP contribution in [0.3, 0.4) is 0 Å². The highest BCUT2D eigenvalue weighted by atomic mass is 16.6. The molecule has 2 heterocycles. The number of ketones is 1. The third kappa shape index (κ3) is 13.7. The number of piperazine rings is 1. The molecule has 290 valence electrons. The summed E-state index contributed by atoms with van der Waals surface area (Å²) in [6.07, 6.45) is 1.80. The second-order valence-corrected chi connectivity index (χ2v) is 15.7. The van der Waals surface area contributed by atoms with Gasteiger partial charge in [-0.3, -0.25) is 28.9 Å². The molecule has 12 heteroatoms. The Labute approximate surface area is 315 Å². The summed E-state index contributed by atoms with van der Waals surface area (Å²) in [7, 11) is 2.05. The van der Waals surface area contributed by atoms with Crippen LogP contribution in [0.15, 0.2) is 60.7 Å². The van der Waals surface area contributed by atoms with E-state index in [-0.39, 0.29) is 36.5 Å². The molecule has 0 aliphatic carbocycles. The van der Waals surface area contributed by atoms with Gasteiger partial charge in [-0.25, -0.2) is 0 Å². The molecule has 4 amide bonds. The number of carbonyl (C=O) groups is 5. The number of amides is 4. The van der Waals surface area contributed by atoms with E-state index in [1.54, 1.807) is 6.92 Å². The predicted octanol–water partition coefficient (Wildman–Crippen LogP) is 2.50. The van der Waals surface area contributed by atoms with Gasteiger partial charge in [0.1, 0.15) is 23.7 Å². The number of nitrogens with zero attached hydrogens (tertiary/aromatic N) is 2. The number of Topliss-reactive ketones (excluding diaryl/α,β-unsaturated/α-hetero) is 1. The summed E-state index contributed by atoms with van der Waals surface area (Å²) >= 11 is 0. The molecule has 2 aliphatic heterocycles. The average Bonchev–Trinajstić information content (AvgIpc) is 3.88. The fraction of sp³-hybridized carbons (Fsp3) is 0.585. The van der Waals surface area contributed by atoms with E-state index in [9.17, 15) is 24.0 Å². The molecule has 2 saturated heterocycles. The Kier molecular flexibility index (Phi) is 15.6. The van der Waals surface area contributed by atoms with Gasteiger partial charge in [0.2, 0.25) is 23.6 Å². The fourth-order valence-electron chi connectivity index (χ4n) is 6.57. The summed E-state index contributed by atoms with van der Waals surface area (Å²) in [6, 6.07) is 15.4. The molecule has 4 N–H and O–H groups in total. The summed E-state index contributed by atoms with van der Waals surface area (Å²) in [5.41, 5.74) is 0.932. The van der Waals surface area contributed by atoms with Crippen molar-refractivity contribution in [3.8, 4) is 0 Å². The molecule has 5 atom stereocenters. The minimum absolute atomic E-state index is 0.0226. The molecule has 1 unspecified atom stereocenters. The van der Waals surface area contributed by atoms with Gasteiger partial charge in [-0.15, -0.1) is 0 Å². The van der Waals surface area contributed by atoms with E-state index in [0.717, 1.165) is 37.3 Å². The summed E-state index contributed by atoms with van der Waals surface area (Å²) < 4.78 is 5.41. The summed E-state index contributed by atoms with van der Waals surface area (Å²) in [4.78, 5) is 73.0. The summed E-state index contributed by atoms with van der Waals surface area (Å²) in [5.74, 6) is -1.76. The second kappa shape index (κ2) is 19.8. The first-order valence-corrected chi connectivity index (χ1v) is 19.1. The molecule has 2 aromatic carbocycles. The second-order valence-electron chi connectivity index (χ2n) is 15.7. The highest BCUT2D eigenvalue weighted by molar-refractivity contribution is 5.98. The molecule has 0 radical (unpaired) electrons. The Bertz CT molecular complexity index is 1510. The Morgan fingerprint density at radius 1 is 0.679 bits per heavy atom. The van der Waals surface area contributed by atoms with Gasteiger partial charge < -0.3 is 30.9 Å². The Morgan fingerprint density at radius 3 is 1.74 bits per heavy atom. The number of epoxide rings is 1. The van der Waals surface area contributed by atoms with E-state index >= 15 is 0 Å². The van der Waals surface area contributed by atoms with Gasteiger partial charge in [-0.05, 0) is 62.6 Å². The Balaban J connectivity index is 1.51. The smallest absolute Gasteiger partial charge is 0.243 e. The van der Waals surface area contributed by atoms with Crippen LogP contribution in [-0.4, -0.2) is 115 Å². The van der Waals surface area contributed by atoms with Crippen LogP contribution in [-0.2, 0) is 41.6 Å². The number of carbonyl (C=O) groups excluding carboxylic acids is 5. The van der Waals surface area contributed by atoms with Crippen molar-refractivity contribution < 1.29 is 28.7 Å². The lowest BCUT2D eigenvalue weighted by atomic mass is 9.93. The number of hydrogen-bond donors (Lipinski definition) is 4. The van der Waals surface area contributed by atoms with Crippen molar-refractivity contribution in [1.82, 2.24) is 31.1 Å². The monoisotopic (exact) mass is 732 g/mol. The van der Waals surface area contributed by atoms with Crippen LogP contribution in [0, 0.1) is 11.8 Å². The molecule has 53 heavy (non-hydrogen) atoms. The molecular formula is C41H60N6O6. The molecule has 4 rings (SSSR count).